The van der Waals surface area contributed by atoms with Crippen LogP contribution in [0.3, 0.4) is 0 Å². The first-order valence-electron chi connectivity index (χ1n) is 9.46. The van der Waals surface area contributed by atoms with Crippen molar-refractivity contribution in [3.05, 3.63) is 0 Å². The Labute approximate surface area is 214 Å². The third kappa shape index (κ3) is 5.70. The minimum atomic E-state index is -9.21. The number of carboxylic acids is 1. The van der Waals surface area contributed by atoms with E-state index in [9.17, 15) is 96.6 Å². The van der Waals surface area contributed by atoms with Crippen LogP contribution in [-0.4, -0.2) is 104 Å². The normalized spacial score (nSPS) is 16.7. The topological polar surface area (TPSA) is 86.7 Å². The van der Waals surface area contributed by atoms with E-state index in [1.165, 1.54) is 0 Å². The Morgan fingerprint density at radius 3 is 1.20 bits per heavy atom. The molecule has 41 heavy (non-hydrogen) atoms. The molecule has 0 aliphatic heterocycles. The number of rotatable bonds is 14. The second-order valence-electron chi connectivity index (χ2n) is 8.14. The molecule has 0 amide bonds. The number of aliphatic carboxylic acids is 1. The van der Waals surface area contributed by atoms with Gasteiger partial charge in [-0.1, -0.05) is 0 Å². The molecule has 0 heterocycles. The molecule has 0 aliphatic rings. The highest BCUT2D eigenvalue weighted by molar-refractivity contribution is 7.90. The molecule has 0 aromatic heterocycles. The lowest BCUT2D eigenvalue weighted by molar-refractivity contribution is -0.466. The van der Waals surface area contributed by atoms with Crippen LogP contribution in [0.25, 0.3) is 0 Å². The van der Waals surface area contributed by atoms with Crippen LogP contribution in [0.1, 0.15) is 6.42 Å². The number of halogens is 19. The second kappa shape index (κ2) is 10.6. The standard InChI is InChI=1S/C15H13F19N2O4S/c1-36(2)4-3-5(6(37)38)35-41(39,40)15(33,34)13(28,29)11(24,25)9(20,21)7(16,17)8(18,19)10(22,23)12(26,27)14(30,31)32/h5,35H,3-4H2,1-2H3,(H,37,38). The van der Waals surface area contributed by atoms with E-state index in [0.29, 0.717) is 0 Å². The summed E-state index contributed by atoms with van der Waals surface area (Å²) in [6.45, 7) is -0.631. The predicted molar refractivity (Wildman–Crippen MR) is 92.3 cm³/mol. The molecule has 0 fully saturated rings. The number of carbonyl (C=O) groups is 1. The molecule has 0 bridgehead atoms. The van der Waals surface area contributed by atoms with Crippen molar-refractivity contribution in [1.82, 2.24) is 9.62 Å². The zero-order valence-electron chi connectivity index (χ0n) is 19.2. The number of hydrogen-bond acceptors (Lipinski definition) is 4. The van der Waals surface area contributed by atoms with E-state index in [0.717, 1.165) is 19.0 Å². The Hall–Kier alpha value is -1.99. The van der Waals surface area contributed by atoms with Crippen molar-refractivity contribution in [2.24, 2.45) is 0 Å². The van der Waals surface area contributed by atoms with Crippen LogP contribution in [0.5, 0.6) is 0 Å². The van der Waals surface area contributed by atoms with Gasteiger partial charge in [0.2, 0.25) is 0 Å². The van der Waals surface area contributed by atoms with Gasteiger partial charge in [0.1, 0.15) is 6.04 Å². The number of sulfonamides is 1. The average Bonchev–Trinajstić information content (AvgIpc) is 2.74. The predicted octanol–water partition coefficient (Wildman–Crippen LogP) is 4.91. The van der Waals surface area contributed by atoms with E-state index < -0.39 is 87.9 Å². The van der Waals surface area contributed by atoms with Crippen molar-refractivity contribution < 1.29 is 102 Å². The number of alkyl halides is 19. The molecule has 2 N–H and O–H groups in total. The highest BCUT2D eigenvalue weighted by atomic mass is 32.2. The van der Waals surface area contributed by atoms with Crippen molar-refractivity contribution >= 4 is 16.0 Å². The maximum atomic E-state index is 14.0. The fourth-order valence-electron chi connectivity index (χ4n) is 2.40. The van der Waals surface area contributed by atoms with Gasteiger partial charge in [-0.2, -0.15) is 88.1 Å². The van der Waals surface area contributed by atoms with Crippen LogP contribution in [-0.2, 0) is 14.8 Å². The molecule has 0 aliphatic carbocycles. The van der Waals surface area contributed by atoms with Gasteiger partial charge in [0, 0.05) is 0 Å². The molecule has 6 nitrogen and oxygen atoms in total. The lowest BCUT2D eigenvalue weighted by Crippen LogP contribution is -2.76. The lowest BCUT2D eigenvalue weighted by atomic mass is 9.89. The molecular formula is C15H13F19N2O4S. The molecule has 246 valence electrons. The van der Waals surface area contributed by atoms with E-state index in [-0.39, 0.29) is 4.72 Å². The van der Waals surface area contributed by atoms with Crippen molar-refractivity contribution in [2.75, 3.05) is 20.6 Å². The summed E-state index contributed by atoms with van der Waals surface area (Å²) in [4.78, 5) is 11.9. The van der Waals surface area contributed by atoms with E-state index in [2.05, 4.69) is 0 Å². The summed E-state index contributed by atoms with van der Waals surface area (Å²) in [7, 11) is -5.60. The first-order valence-corrected chi connectivity index (χ1v) is 10.9. The Balaban J connectivity index is 7.01. The maximum Gasteiger partial charge on any atom is 0.460 e. The molecule has 0 radical (unpaired) electrons. The monoisotopic (exact) mass is 678 g/mol. The molecule has 1 atom stereocenters. The van der Waals surface area contributed by atoms with Crippen LogP contribution < -0.4 is 4.72 Å². The van der Waals surface area contributed by atoms with Crippen LogP contribution in [0.2, 0.25) is 0 Å². The SMILES string of the molecule is CN(C)CCC(NS(=O)(=O)C(F)(F)C(F)(F)C(F)(F)C(F)(F)C(F)(F)C(F)(F)C(F)(F)C(F)(F)C(F)(F)F)C(=O)O. The first-order chi connectivity index (χ1) is 17.5. The molecule has 0 spiro atoms. The quantitative estimate of drug-likeness (QED) is 0.255. The Morgan fingerprint density at radius 1 is 0.634 bits per heavy atom. The van der Waals surface area contributed by atoms with Crippen LogP contribution >= 0.6 is 0 Å². The summed E-state index contributed by atoms with van der Waals surface area (Å²) in [6, 6.07) is -2.99. The number of nitrogens with one attached hydrogen (secondary N) is 1. The van der Waals surface area contributed by atoms with Crippen molar-refractivity contribution in [3.8, 4) is 0 Å². The summed E-state index contributed by atoms with van der Waals surface area (Å²) in [6.07, 6.45) is -9.22. The van der Waals surface area contributed by atoms with Gasteiger partial charge in [0.15, 0.2) is 0 Å². The maximum absolute atomic E-state index is 14.0. The lowest BCUT2D eigenvalue weighted by Gasteiger charge is -2.43. The highest BCUT2D eigenvalue weighted by Gasteiger charge is 2.97. The molecule has 26 heteroatoms. The number of nitrogens with zero attached hydrogens (tertiary/aromatic N) is 1. The Morgan fingerprint density at radius 2 is 0.927 bits per heavy atom. The number of hydrogen-bond donors (Lipinski definition) is 2. The minimum Gasteiger partial charge on any atom is -0.480 e. The zero-order valence-corrected chi connectivity index (χ0v) is 20.0. The summed E-state index contributed by atoms with van der Waals surface area (Å²) in [5.74, 6) is -65.1. The third-order valence-corrected chi connectivity index (χ3v) is 6.41. The van der Waals surface area contributed by atoms with E-state index in [1.54, 1.807) is 0 Å². The van der Waals surface area contributed by atoms with E-state index >= 15 is 0 Å². The van der Waals surface area contributed by atoms with Crippen molar-refractivity contribution in [1.29, 1.82) is 0 Å². The second-order valence-corrected chi connectivity index (χ2v) is 9.89. The van der Waals surface area contributed by atoms with Crippen LogP contribution in [0.4, 0.5) is 83.4 Å². The zero-order chi connectivity index (χ0) is 33.9. The third-order valence-electron chi connectivity index (χ3n) is 4.89. The largest absolute Gasteiger partial charge is 0.480 e. The van der Waals surface area contributed by atoms with Gasteiger partial charge in [0.25, 0.3) is 10.0 Å². The van der Waals surface area contributed by atoms with Crippen molar-refractivity contribution in [2.45, 2.75) is 65.4 Å². The molecule has 0 rings (SSSR count). The average molecular weight is 678 g/mol. The summed E-state index contributed by atoms with van der Waals surface area (Å²) < 4.78 is 276. The molecule has 0 saturated heterocycles. The summed E-state index contributed by atoms with van der Waals surface area (Å²) in [5.41, 5.74) is 0. The summed E-state index contributed by atoms with van der Waals surface area (Å²) >= 11 is 0. The summed E-state index contributed by atoms with van der Waals surface area (Å²) in [5, 5.41) is 0.820. The van der Waals surface area contributed by atoms with Gasteiger partial charge in [-0.05, 0) is 27.1 Å². The van der Waals surface area contributed by atoms with Gasteiger partial charge in [-0.15, -0.1) is 0 Å². The van der Waals surface area contributed by atoms with Crippen LogP contribution in [0.15, 0.2) is 0 Å². The molecule has 0 aromatic carbocycles. The van der Waals surface area contributed by atoms with E-state index in [1.807, 2.05) is 0 Å². The molecule has 1 unspecified atom stereocenters. The van der Waals surface area contributed by atoms with Gasteiger partial charge in [0.05, 0.1) is 0 Å². The van der Waals surface area contributed by atoms with Crippen molar-refractivity contribution in [3.63, 3.8) is 0 Å². The van der Waals surface area contributed by atoms with Gasteiger partial charge in [-0.3, -0.25) is 4.79 Å². The molecule has 0 saturated carbocycles. The smallest absolute Gasteiger partial charge is 0.460 e. The molecule has 0 aromatic rings. The fraction of sp³-hybridized carbons (Fsp3) is 0.933. The fourth-order valence-corrected chi connectivity index (χ4v) is 3.60. The van der Waals surface area contributed by atoms with Crippen LogP contribution in [0, 0.1) is 0 Å². The molecular weight excluding hydrogens is 665 g/mol. The Kier molecular flexibility index (Phi) is 10.1. The minimum absolute atomic E-state index is 0.106. The van der Waals surface area contributed by atoms with Gasteiger partial charge < -0.3 is 10.0 Å². The first kappa shape index (κ1) is 39.0. The van der Waals surface area contributed by atoms with E-state index in [4.69, 9.17) is 5.11 Å². The highest BCUT2D eigenvalue weighted by Crippen LogP contribution is 2.65. The number of carboxylic acid groups (broad SMARTS) is 1. The van der Waals surface area contributed by atoms with Gasteiger partial charge in [-0.25, -0.2) is 8.42 Å². The van der Waals surface area contributed by atoms with Gasteiger partial charge >= 0.3 is 58.9 Å². The Bertz CT molecular complexity index is 1070.